The Morgan fingerprint density at radius 2 is 1.96 bits per heavy atom. The van der Waals surface area contributed by atoms with Crippen molar-refractivity contribution in [2.24, 2.45) is 0 Å². The fourth-order valence-corrected chi connectivity index (χ4v) is 4.44. The first-order valence-electron chi connectivity index (χ1n) is 7.94. The minimum absolute atomic E-state index is 0.0993. The van der Waals surface area contributed by atoms with Gasteiger partial charge in [-0.1, -0.05) is 6.92 Å². The number of carbonyl (C=O) groups excluding carboxylic acids is 1. The maximum absolute atomic E-state index is 12.7. The lowest BCUT2D eigenvalue weighted by atomic mass is 10.1. The van der Waals surface area contributed by atoms with Gasteiger partial charge in [-0.3, -0.25) is 4.79 Å². The predicted octanol–water partition coefficient (Wildman–Crippen LogP) is 2.91. The molecule has 5 nitrogen and oxygen atoms in total. The monoisotopic (exact) mass is 342 g/mol. The Hall–Kier alpha value is -2.39. The number of aromatic nitrogens is 1. The van der Waals surface area contributed by atoms with Crippen LogP contribution in [-0.4, -0.2) is 24.5 Å². The number of nitrogens with zero attached hydrogens (tertiary/aromatic N) is 2. The molecular formula is C18H18N2O3S. The molecule has 1 aromatic carbocycles. The third-order valence-corrected chi connectivity index (χ3v) is 6.29. The number of hydrogen-bond donors (Lipinski definition) is 0. The summed E-state index contributed by atoms with van der Waals surface area (Å²) in [6.07, 6.45) is 1.28. The summed E-state index contributed by atoms with van der Waals surface area (Å²) in [4.78, 5) is 12.9. The lowest BCUT2D eigenvalue weighted by Crippen LogP contribution is -2.10. The maximum atomic E-state index is 12.7. The first kappa shape index (κ1) is 16.5. The van der Waals surface area contributed by atoms with Gasteiger partial charge < -0.3 is 4.57 Å². The Balaban J connectivity index is 1.89. The van der Waals surface area contributed by atoms with Gasteiger partial charge in [-0.2, -0.15) is 5.26 Å². The molecule has 1 unspecified atom stereocenters. The van der Waals surface area contributed by atoms with Crippen LogP contribution in [0.3, 0.4) is 0 Å². The Bertz CT molecular complexity index is 918. The molecule has 2 heterocycles. The van der Waals surface area contributed by atoms with Crippen LogP contribution < -0.4 is 0 Å². The zero-order valence-electron chi connectivity index (χ0n) is 13.4. The van der Waals surface area contributed by atoms with Crippen LogP contribution in [0.1, 0.15) is 47.4 Å². The summed E-state index contributed by atoms with van der Waals surface area (Å²) in [7, 11) is -3.28. The molecule has 24 heavy (non-hydrogen) atoms. The van der Waals surface area contributed by atoms with Crippen LogP contribution in [0.25, 0.3) is 0 Å². The van der Waals surface area contributed by atoms with E-state index in [0.29, 0.717) is 24.2 Å². The summed E-state index contributed by atoms with van der Waals surface area (Å²) in [5, 5.41) is 9.12. The molecule has 1 aromatic heterocycles. The van der Waals surface area contributed by atoms with Crippen LogP contribution in [0.2, 0.25) is 0 Å². The Morgan fingerprint density at radius 1 is 1.25 bits per heavy atom. The molecule has 0 saturated heterocycles. The van der Waals surface area contributed by atoms with Gasteiger partial charge in [0.1, 0.15) is 0 Å². The van der Waals surface area contributed by atoms with E-state index in [0.717, 1.165) is 12.1 Å². The van der Waals surface area contributed by atoms with Crippen LogP contribution >= 0.6 is 0 Å². The standard InChI is InChI=1S/C18H18N2O3S/c1-2-11-24(22,23)15-5-3-13(4-6-15)18(21)17-8-7-16-14(12-19)9-10-20(16)17/h3-8,14H,2,9-11H2,1H3. The first-order valence-corrected chi connectivity index (χ1v) is 9.59. The van der Waals surface area contributed by atoms with E-state index in [-0.39, 0.29) is 22.3 Å². The summed E-state index contributed by atoms with van der Waals surface area (Å²) >= 11 is 0. The number of fused-ring (bicyclic) bond motifs is 1. The van der Waals surface area contributed by atoms with Crippen molar-refractivity contribution in [3.8, 4) is 6.07 Å². The topological polar surface area (TPSA) is 79.9 Å². The Kier molecular flexibility index (Phi) is 4.29. The molecular weight excluding hydrogens is 324 g/mol. The van der Waals surface area contributed by atoms with E-state index in [4.69, 9.17) is 5.26 Å². The number of rotatable bonds is 5. The quantitative estimate of drug-likeness (QED) is 0.783. The highest BCUT2D eigenvalue weighted by atomic mass is 32.2. The van der Waals surface area contributed by atoms with Gasteiger partial charge in [0.2, 0.25) is 5.78 Å². The highest BCUT2D eigenvalue weighted by Gasteiger charge is 2.27. The molecule has 1 aliphatic heterocycles. The van der Waals surface area contributed by atoms with E-state index in [1.165, 1.54) is 12.1 Å². The highest BCUT2D eigenvalue weighted by molar-refractivity contribution is 7.91. The summed E-state index contributed by atoms with van der Waals surface area (Å²) in [6.45, 7) is 2.47. The zero-order chi connectivity index (χ0) is 17.3. The molecule has 1 aliphatic rings. The predicted molar refractivity (Wildman–Crippen MR) is 89.6 cm³/mol. The van der Waals surface area contributed by atoms with E-state index < -0.39 is 9.84 Å². The summed E-state index contributed by atoms with van der Waals surface area (Å²) in [5.41, 5.74) is 1.88. The van der Waals surface area contributed by atoms with Gasteiger partial charge in [0.05, 0.1) is 28.3 Å². The number of nitriles is 1. The van der Waals surface area contributed by atoms with Crippen LogP contribution in [-0.2, 0) is 16.4 Å². The van der Waals surface area contributed by atoms with E-state index in [9.17, 15) is 13.2 Å². The molecule has 0 fully saturated rings. The largest absolute Gasteiger partial charge is 0.341 e. The maximum Gasteiger partial charge on any atom is 0.209 e. The molecule has 0 saturated carbocycles. The summed E-state index contributed by atoms with van der Waals surface area (Å²) in [6, 6.07) is 11.9. The van der Waals surface area contributed by atoms with Gasteiger partial charge in [-0.25, -0.2) is 8.42 Å². The number of benzene rings is 1. The molecule has 3 rings (SSSR count). The van der Waals surface area contributed by atoms with Crippen molar-refractivity contribution in [1.29, 1.82) is 5.26 Å². The molecule has 0 amide bonds. The second kappa shape index (κ2) is 6.25. The second-order valence-corrected chi connectivity index (χ2v) is 8.05. The average Bonchev–Trinajstić information content (AvgIpc) is 3.15. The summed E-state index contributed by atoms with van der Waals surface area (Å²) < 4.78 is 26.0. The van der Waals surface area contributed by atoms with Crippen molar-refractivity contribution < 1.29 is 13.2 Å². The lowest BCUT2D eigenvalue weighted by molar-refractivity contribution is 0.103. The molecule has 2 aromatic rings. The van der Waals surface area contributed by atoms with Gasteiger partial charge >= 0.3 is 0 Å². The molecule has 6 heteroatoms. The number of carbonyl (C=O) groups is 1. The van der Waals surface area contributed by atoms with Gasteiger partial charge in [-0.15, -0.1) is 0 Å². The van der Waals surface area contributed by atoms with E-state index in [2.05, 4.69) is 6.07 Å². The number of ketones is 1. The third-order valence-electron chi connectivity index (χ3n) is 4.35. The van der Waals surface area contributed by atoms with Crippen molar-refractivity contribution in [3.05, 3.63) is 53.3 Å². The zero-order valence-corrected chi connectivity index (χ0v) is 14.2. The average molecular weight is 342 g/mol. The Morgan fingerprint density at radius 3 is 2.58 bits per heavy atom. The van der Waals surface area contributed by atoms with Crippen molar-refractivity contribution in [1.82, 2.24) is 4.57 Å². The van der Waals surface area contributed by atoms with Crippen molar-refractivity contribution in [2.45, 2.75) is 37.1 Å². The van der Waals surface area contributed by atoms with E-state index in [1.807, 2.05) is 17.6 Å². The number of sulfone groups is 1. The minimum atomic E-state index is -3.28. The van der Waals surface area contributed by atoms with Crippen LogP contribution in [0.15, 0.2) is 41.3 Å². The fraction of sp³-hybridized carbons (Fsp3) is 0.333. The van der Waals surface area contributed by atoms with Crippen molar-refractivity contribution in [2.75, 3.05) is 5.75 Å². The van der Waals surface area contributed by atoms with Gasteiger partial charge in [0.25, 0.3) is 0 Å². The third kappa shape index (κ3) is 2.76. The molecule has 0 radical (unpaired) electrons. The highest BCUT2D eigenvalue weighted by Crippen LogP contribution is 2.30. The normalized spacial score (nSPS) is 16.6. The molecule has 0 N–H and O–H groups in total. The first-order chi connectivity index (χ1) is 11.5. The molecule has 0 bridgehead atoms. The van der Waals surface area contributed by atoms with Crippen LogP contribution in [0.4, 0.5) is 0 Å². The molecule has 124 valence electrons. The molecule has 0 aliphatic carbocycles. The Labute approximate surface area is 141 Å². The van der Waals surface area contributed by atoms with Gasteiger partial charge in [0, 0.05) is 17.8 Å². The van der Waals surface area contributed by atoms with Gasteiger partial charge in [0.15, 0.2) is 9.84 Å². The fourth-order valence-electron chi connectivity index (χ4n) is 3.12. The summed E-state index contributed by atoms with van der Waals surface area (Å²) in [5.74, 6) is -0.213. The van der Waals surface area contributed by atoms with Crippen molar-refractivity contribution >= 4 is 15.6 Å². The smallest absolute Gasteiger partial charge is 0.209 e. The van der Waals surface area contributed by atoms with Crippen LogP contribution in [0.5, 0.6) is 0 Å². The van der Waals surface area contributed by atoms with Gasteiger partial charge in [-0.05, 0) is 49.2 Å². The lowest BCUT2D eigenvalue weighted by Gasteiger charge is -2.07. The van der Waals surface area contributed by atoms with Crippen LogP contribution in [0, 0.1) is 11.3 Å². The van der Waals surface area contributed by atoms with E-state index >= 15 is 0 Å². The van der Waals surface area contributed by atoms with Crippen molar-refractivity contribution in [3.63, 3.8) is 0 Å². The molecule has 0 spiro atoms. The van der Waals surface area contributed by atoms with E-state index in [1.54, 1.807) is 18.2 Å². The SMILES string of the molecule is CCCS(=O)(=O)c1ccc(C(=O)c2ccc3n2CCC3C#N)cc1. The number of hydrogen-bond acceptors (Lipinski definition) is 4. The molecule has 1 atom stereocenters. The second-order valence-electron chi connectivity index (χ2n) is 5.94. The minimum Gasteiger partial charge on any atom is -0.341 e.